The Balaban J connectivity index is 1.86. The molecule has 0 bridgehead atoms. The number of carbonyl (C=O) groups excluding carboxylic acids is 1. The second-order valence-corrected chi connectivity index (χ2v) is 9.12. The molecule has 0 saturated heterocycles. The van der Waals surface area contributed by atoms with E-state index < -0.39 is 11.4 Å². The first-order valence-corrected chi connectivity index (χ1v) is 9.63. The molecule has 3 aliphatic rings. The Morgan fingerprint density at radius 3 is 2.54 bits per heavy atom. The lowest BCUT2D eigenvalue weighted by Gasteiger charge is -2.56. The molecule has 0 radical (unpaired) electrons. The maximum absolute atomic E-state index is 12.7. The van der Waals surface area contributed by atoms with Gasteiger partial charge in [0.15, 0.2) is 0 Å². The molecule has 0 aromatic rings. The van der Waals surface area contributed by atoms with Crippen molar-refractivity contribution in [3.05, 3.63) is 0 Å². The summed E-state index contributed by atoms with van der Waals surface area (Å²) in [6, 6.07) is 0. The van der Waals surface area contributed by atoms with Crippen LogP contribution in [0.25, 0.3) is 0 Å². The van der Waals surface area contributed by atoms with Gasteiger partial charge in [-0.1, -0.05) is 13.8 Å². The third-order valence-electron chi connectivity index (χ3n) is 8.11. The number of hydrogen-bond donors (Lipinski definition) is 2. The SMILES string of the molecule is CC(O)[C@H]1CC[C@H]2[C@@H]3CCC(=O)[C@@](C)(CCC(=O)O)[C@@H]3CC[C@]12C. The van der Waals surface area contributed by atoms with E-state index in [4.69, 9.17) is 5.11 Å². The van der Waals surface area contributed by atoms with Crippen molar-refractivity contribution >= 4 is 11.8 Å². The highest BCUT2D eigenvalue weighted by atomic mass is 16.4. The molecule has 0 amide bonds. The Labute approximate surface area is 145 Å². The fraction of sp³-hybridized carbons (Fsp3) is 0.900. The summed E-state index contributed by atoms with van der Waals surface area (Å²) in [5.41, 5.74) is -0.283. The van der Waals surface area contributed by atoms with Crippen molar-refractivity contribution in [2.24, 2.45) is 34.5 Å². The van der Waals surface area contributed by atoms with Crippen molar-refractivity contribution in [3.63, 3.8) is 0 Å². The molecule has 4 heteroatoms. The number of hydrogen-bond acceptors (Lipinski definition) is 3. The molecule has 3 saturated carbocycles. The van der Waals surface area contributed by atoms with Gasteiger partial charge in [-0.05, 0) is 74.5 Å². The second kappa shape index (κ2) is 6.12. The van der Waals surface area contributed by atoms with Crippen LogP contribution in [0, 0.1) is 34.5 Å². The normalized spacial score (nSPS) is 46.2. The molecule has 0 aliphatic heterocycles. The van der Waals surface area contributed by atoms with E-state index in [1.807, 2.05) is 13.8 Å². The van der Waals surface area contributed by atoms with Crippen molar-refractivity contribution in [2.45, 2.75) is 78.2 Å². The van der Waals surface area contributed by atoms with Gasteiger partial charge in [-0.2, -0.15) is 0 Å². The maximum atomic E-state index is 12.7. The molecule has 3 fully saturated rings. The highest BCUT2D eigenvalue weighted by Crippen LogP contribution is 2.65. The number of aliphatic hydroxyl groups excluding tert-OH is 1. The van der Waals surface area contributed by atoms with Crippen LogP contribution in [-0.4, -0.2) is 28.1 Å². The average Bonchev–Trinajstić information content (AvgIpc) is 2.86. The van der Waals surface area contributed by atoms with E-state index in [0.29, 0.717) is 36.5 Å². The van der Waals surface area contributed by atoms with Crippen LogP contribution in [0.15, 0.2) is 0 Å². The van der Waals surface area contributed by atoms with E-state index in [-0.39, 0.29) is 23.7 Å². The van der Waals surface area contributed by atoms with E-state index >= 15 is 0 Å². The third-order valence-corrected chi connectivity index (χ3v) is 8.11. The molecule has 24 heavy (non-hydrogen) atoms. The van der Waals surface area contributed by atoms with Crippen LogP contribution in [-0.2, 0) is 9.59 Å². The molecule has 0 aromatic carbocycles. The van der Waals surface area contributed by atoms with Crippen LogP contribution >= 0.6 is 0 Å². The molecular weight excluding hydrogens is 304 g/mol. The summed E-state index contributed by atoms with van der Waals surface area (Å²) in [5, 5.41) is 19.3. The van der Waals surface area contributed by atoms with Gasteiger partial charge in [-0.3, -0.25) is 9.59 Å². The zero-order valence-corrected chi connectivity index (χ0v) is 15.3. The number of fused-ring (bicyclic) bond motifs is 3. The smallest absolute Gasteiger partial charge is 0.303 e. The molecule has 4 nitrogen and oxygen atoms in total. The summed E-state index contributed by atoms with van der Waals surface area (Å²) >= 11 is 0. The standard InChI is InChI=1S/C20H32O4/c1-12(21)14-5-6-15-13-4-7-17(22)20(3,11-9-18(23)24)16(13)8-10-19(14,15)2/h12-16,21H,4-11H2,1-3H3,(H,23,24)/t12?,13-,14+,15-,16+,19+,20-/m0/s1. The summed E-state index contributed by atoms with van der Waals surface area (Å²) < 4.78 is 0. The lowest BCUT2D eigenvalue weighted by molar-refractivity contribution is -0.149. The van der Waals surface area contributed by atoms with Gasteiger partial charge < -0.3 is 10.2 Å². The van der Waals surface area contributed by atoms with Gasteiger partial charge in [0.25, 0.3) is 0 Å². The fourth-order valence-corrected chi connectivity index (χ4v) is 6.80. The van der Waals surface area contributed by atoms with Crippen LogP contribution in [0.5, 0.6) is 0 Å². The fourth-order valence-electron chi connectivity index (χ4n) is 6.80. The molecule has 0 heterocycles. The van der Waals surface area contributed by atoms with Crippen LogP contribution in [0.2, 0.25) is 0 Å². The number of aliphatic carboxylic acids is 1. The van der Waals surface area contributed by atoms with Gasteiger partial charge in [0.05, 0.1) is 6.10 Å². The van der Waals surface area contributed by atoms with Crippen molar-refractivity contribution in [3.8, 4) is 0 Å². The summed E-state index contributed by atoms with van der Waals surface area (Å²) in [7, 11) is 0. The quantitative estimate of drug-likeness (QED) is 0.821. The van der Waals surface area contributed by atoms with E-state index in [0.717, 1.165) is 32.1 Å². The van der Waals surface area contributed by atoms with E-state index in [1.54, 1.807) is 0 Å². The van der Waals surface area contributed by atoms with Crippen molar-refractivity contribution < 1.29 is 19.8 Å². The number of carbonyl (C=O) groups is 2. The van der Waals surface area contributed by atoms with Gasteiger partial charge in [0.2, 0.25) is 0 Å². The lowest BCUT2D eigenvalue weighted by Crippen LogP contribution is -2.53. The Kier molecular flexibility index (Phi) is 4.57. The summed E-state index contributed by atoms with van der Waals surface area (Å²) in [5.74, 6) is 1.26. The number of carboxylic acids is 1. The average molecular weight is 336 g/mol. The van der Waals surface area contributed by atoms with Gasteiger partial charge in [0, 0.05) is 18.3 Å². The van der Waals surface area contributed by atoms with Gasteiger partial charge >= 0.3 is 5.97 Å². The zero-order chi connectivity index (χ0) is 17.7. The predicted molar refractivity (Wildman–Crippen MR) is 91.4 cm³/mol. The Morgan fingerprint density at radius 2 is 1.92 bits per heavy atom. The lowest BCUT2D eigenvalue weighted by atomic mass is 9.48. The first kappa shape index (κ1) is 17.9. The van der Waals surface area contributed by atoms with Crippen molar-refractivity contribution in [1.29, 1.82) is 0 Å². The number of Topliss-reactive ketones (excluding diaryl/α,β-unsaturated/α-hetero) is 1. The Hall–Kier alpha value is -0.900. The highest BCUT2D eigenvalue weighted by Gasteiger charge is 2.59. The van der Waals surface area contributed by atoms with Crippen LogP contribution in [0.3, 0.4) is 0 Å². The minimum atomic E-state index is -0.804. The van der Waals surface area contributed by atoms with Crippen LogP contribution in [0.4, 0.5) is 0 Å². The minimum absolute atomic E-state index is 0.0870. The molecule has 7 atom stereocenters. The highest BCUT2D eigenvalue weighted by molar-refractivity contribution is 5.86. The zero-order valence-electron chi connectivity index (χ0n) is 15.3. The van der Waals surface area contributed by atoms with Crippen LogP contribution in [0.1, 0.15) is 72.1 Å². The topological polar surface area (TPSA) is 74.6 Å². The largest absolute Gasteiger partial charge is 0.481 e. The molecule has 0 spiro atoms. The molecule has 2 N–H and O–H groups in total. The minimum Gasteiger partial charge on any atom is -0.481 e. The van der Waals surface area contributed by atoms with Crippen LogP contribution < -0.4 is 0 Å². The summed E-state index contributed by atoms with van der Waals surface area (Å²) in [6.07, 6.45) is 6.16. The van der Waals surface area contributed by atoms with Crippen molar-refractivity contribution in [1.82, 2.24) is 0 Å². The van der Waals surface area contributed by atoms with Gasteiger partial charge in [-0.25, -0.2) is 0 Å². The predicted octanol–water partition coefficient (Wildman–Crippen LogP) is 3.66. The first-order valence-electron chi connectivity index (χ1n) is 9.63. The number of rotatable bonds is 4. The van der Waals surface area contributed by atoms with E-state index in [1.165, 1.54) is 0 Å². The van der Waals surface area contributed by atoms with Crippen molar-refractivity contribution in [2.75, 3.05) is 0 Å². The molecule has 136 valence electrons. The monoisotopic (exact) mass is 336 g/mol. The first-order chi connectivity index (χ1) is 11.2. The number of carboxylic acid groups (broad SMARTS) is 1. The Bertz CT molecular complexity index is 528. The maximum Gasteiger partial charge on any atom is 0.303 e. The molecule has 3 rings (SSSR count). The van der Waals surface area contributed by atoms with E-state index in [9.17, 15) is 14.7 Å². The number of aliphatic hydroxyl groups is 1. The third kappa shape index (κ3) is 2.61. The molecule has 3 aliphatic carbocycles. The van der Waals surface area contributed by atoms with Gasteiger partial charge in [-0.15, -0.1) is 0 Å². The second-order valence-electron chi connectivity index (χ2n) is 9.12. The molecule has 1 unspecified atom stereocenters. The van der Waals surface area contributed by atoms with Gasteiger partial charge in [0.1, 0.15) is 5.78 Å². The Morgan fingerprint density at radius 1 is 1.21 bits per heavy atom. The molecule has 0 aromatic heterocycles. The summed E-state index contributed by atoms with van der Waals surface area (Å²) in [6.45, 7) is 6.30. The summed E-state index contributed by atoms with van der Waals surface area (Å²) in [4.78, 5) is 23.8. The number of ketones is 1. The molecular formula is C20H32O4. The van der Waals surface area contributed by atoms with E-state index in [2.05, 4.69) is 6.92 Å².